The van der Waals surface area contributed by atoms with Gasteiger partial charge in [0.05, 0.1) is 5.69 Å². The van der Waals surface area contributed by atoms with Crippen molar-refractivity contribution in [3.05, 3.63) is 60.0 Å². The molecule has 100 valence electrons. The Morgan fingerprint density at radius 2 is 1.80 bits per heavy atom. The van der Waals surface area contributed by atoms with Crippen LogP contribution in [-0.4, -0.2) is 9.97 Å². The van der Waals surface area contributed by atoms with E-state index in [1.807, 2.05) is 25.4 Å². The second-order valence-electron chi connectivity index (χ2n) is 5.48. The molecule has 0 fully saturated rings. The maximum absolute atomic E-state index is 4.61. The molecule has 0 radical (unpaired) electrons. The maximum Gasteiger partial charge on any atom is 0.0723 e. The van der Waals surface area contributed by atoms with E-state index in [4.69, 9.17) is 0 Å². The van der Waals surface area contributed by atoms with Gasteiger partial charge in [-0.3, -0.25) is 9.97 Å². The minimum absolute atomic E-state index is 0.507. The summed E-state index contributed by atoms with van der Waals surface area (Å²) in [4.78, 5) is 8.95. The van der Waals surface area contributed by atoms with Crippen LogP contribution in [0.4, 0.5) is 0 Å². The smallest absolute Gasteiger partial charge is 0.0723 e. The highest BCUT2D eigenvalue weighted by atomic mass is 14.7. The molecule has 0 aliphatic rings. The van der Waals surface area contributed by atoms with Crippen LogP contribution in [0.25, 0.3) is 22.0 Å². The summed E-state index contributed by atoms with van der Waals surface area (Å²) in [5.74, 6) is 0.507. The van der Waals surface area contributed by atoms with Gasteiger partial charge in [-0.25, -0.2) is 0 Å². The third-order valence-electron chi connectivity index (χ3n) is 3.63. The van der Waals surface area contributed by atoms with Crippen LogP contribution in [0.2, 0.25) is 0 Å². The number of hydrogen-bond acceptors (Lipinski definition) is 2. The highest BCUT2D eigenvalue weighted by Gasteiger charge is 2.07. The van der Waals surface area contributed by atoms with Gasteiger partial charge < -0.3 is 0 Å². The molecule has 0 atom stereocenters. The maximum atomic E-state index is 4.61. The molecule has 2 heterocycles. The molecule has 0 amide bonds. The molecule has 2 heteroatoms. The number of fused-ring (bicyclic) bond motifs is 1. The third-order valence-corrected chi connectivity index (χ3v) is 3.63. The summed E-state index contributed by atoms with van der Waals surface area (Å²) in [6, 6.07) is 12.7. The predicted octanol–water partition coefficient (Wildman–Crippen LogP) is 4.73. The van der Waals surface area contributed by atoms with Crippen LogP contribution in [-0.2, 0) is 0 Å². The average Bonchev–Trinajstić information content (AvgIpc) is 2.46. The molecule has 0 saturated carbocycles. The first-order chi connectivity index (χ1) is 9.65. The fraction of sp³-hybridized carbons (Fsp3) is 0.222. The Hall–Kier alpha value is -2.22. The summed E-state index contributed by atoms with van der Waals surface area (Å²) in [5.41, 5.74) is 4.42. The van der Waals surface area contributed by atoms with Crippen molar-refractivity contribution in [1.82, 2.24) is 9.97 Å². The molecular formula is C18H18N2. The average molecular weight is 262 g/mol. The molecule has 0 saturated heterocycles. The van der Waals surface area contributed by atoms with Gasteiger partial charge >= 0.3 is 0 Å². The molecule has 0 aliphatic carbocycles. The van der Waals surface area contributed by atoms with Crippen molar-refractivity contribution >= 4 is 10.8 Å². The summed E-state index contributed by atoms with van der Waals surface area (Å²) in [5, 5.41) is 2.48. The molecular weight excluding hydrogens is 244 g/mol. The number of benzene rings is 1. The van der Waals surface area contributed by atoms with Gasteiger partial charge in [0.15, 0.2) is 0 Å². The molecule has 1 aromatic carbocycles. The molecule has 0 spiro atoms. The van der Waals surface area contributed by atoms with Crippen LogP contribution in [0, 0.1) is 6.92 Å². The van der Waals surface area contributed by atoms with E-state index in [2.05, 4.69) is 54.1 Å². The minimum atomic E-state index is 0.507. The Balaban J connectivity index is 2.14. The molecule has 20 heavy (non-hydrogen) atoms. The van der Waals surface area contributed by atoms with Crippen molar-refractivity contribution in [2.45, 2.75) is 26.7 Å². The highest BCUT2D eigenvalue weighted by Crippen LogP contribution is 2.27. The van der Waals surface area contributed by atoms with E-state index in [0.29, 0.717) is 5.92 Å². The lowest BCUT2D eigenvalue weighted by Crippen LogP contribution is -1.92. The van der Waals surface area contributed by atoms with E-state index in [9.17, 15) is 0 Å². The molecule has 3 rings (SSSR count). The van der Waals surface area contributed by atoms with Gasteiger partial charge in [0, 0.05) is 29.0 Å². The third kappa shape index (κ3) is 2.29. The number of aryl methyl sites for hydroxylation is 1. The van der Waals surface area contributed by atoms with Crippen LogP contribution in [0.1, 0.15) is 31.0 Å². The fourth-order valence-electron chi connectivity index (χ4n) is 2.48. The summed E-state index contributed by atoms with van der Waals surface area (Å²) in [6.45, 7) is 6.42. The summed E-state index contributed by atoms with van der Waals surface area (Å²) >= 11 is 0. The lowest BCUT2D eigenvalue weighted by Gasteiger charge is -2.10. The SMILES string of the molecule is Cc1ccc(-c2cc3cccc(C(C)C)c3cn2)cn1. The van der Waals surface area contributed by atoms with Crippen LogP contribution in [0.5, 0.6) is 0 Å². The minimum Gasteiger partial charge on any atom is -0.261 e. The van der Waals surface area contributed by atoms with Crippen LogP contribution in [0.15, 0.2) is 48.8 Å². The van der Waals surface area contributed by atoms with E-state index in [-0.39, 0.29) is 0 Å². The van der Waals surface area contributed by atoms with E-state index in [1.54, 1.807) is 0 Å². The van der Waals surface area contributed by atoms with Gasteiger partial charge in [0.1, 0.15) is 0 Å². The Labute approximate surface area is 119 Å². The lowest BCUT2D eigenvalue weighted by molar-refractivity contribution is 0.876. The topological polar surface area (TPSA) is 25.8 Å². The van der Waals surface area contributed by atoms with Gasteiger partial charge in [-0.05, 0) is 42.0 Å². The monoisotopic (exact) mass is 262 g/mol. The number of nitrogens with zero attached hydrogens (tertiary/aromatic N) is 2. The molecule has 2 nitrogen and oxygen atoms in total. The number of hydrogen-bond donors (Lipinski definition) is 0. The van der Waals surface area contributed by atoms with Gasteiger partial charge in [0.2, 0.25) is 0 Å². The number of rotatable bonds is 2. The second-order valence-corrected chi connectivity index (χ2v) is 5.48. The first-order valence-corrected chi connectivity index (χ1v) is 6.97. The first kappa shape index (κ1) is 12.8. The van der Waals surface area contributed by atoms with Gasteiger partial charge in [-0.2, -0.15) is 0 Å². The normalized spacial score (nSPS) is 11.2. The lowest BCUT2D eigenvalue weighted by atomic mass is 9.97. The number of aromatic nitrogens is 2. The summed E-state index contributed by atoms with van der Waals surface area (Å²) < 4.78 is 0. The standard InChI is InChI=1S/C18H18N2/c1-12(2)16-6-4-5-14-9-18(20-11-17(14)16)15-8-7-13(3)19-10-15/h4-12H,1-3H3. The fourth-order valence-corrected chi connectivity index (χ4v) is 2.48. The second kappa shape index (κ2) is 5.04. The largest absolute Gasteiger partial charge is 0.261 e. The van der Waals surface area contributed by atoms with E-state index in [1.165, 1.54) is 16.3 Å². The van der Waals surface area contributed by atoms with E-state index in [0.717, 1.165) is 17.0 Å². The summed E-state index contributed by atoms with van der Waals surface area (Å²) in [7, 11) is 0. The number of pyridine rings is 2. The van der Waals surface area contributed by atoms with Crippen LogP contribution in [0.3, 0.4) is 0 Å². The molecule has 2 aromatic heterocycles. The van der Waals surface area contributed by atoms with Crippen molar-refractivity contribution in [3.8, 4) is 11.3 Å². The van der Waals surface area contributed by atoms with Crippen molar-refractivity contribution in [2.24, 2.45) is 0 Å². The zero-order valence-corrected chi connectivity index (χ0v) is 12.1. The highest BCUT2D eigenvalue weighted by molar-refractivity contribution is 5.88. The Bertz CT molecular complexity index is 743. The van der Waals surface area contributed by atoms with Gasteiger partial charge in [-0.15, -0.1) is 0 Å². The van der Waals surface area contributed by atoms with Crippen LogP contribution < -0.4 is 0 Å². The Morgan fingerprint density at radius 1 is 0.950 bits per heavy atom. The molecule has 0 aliphatic heterocycles. The Kier molecular flexibility index (Phi) is 3.23. The van der Waals surface area contributed by atoms with E-state index < -0.39 is 0 Å². The van der Waals surface area contributed by atoms with Gasteiger partial charge in [0.25, 0.3) is 0 Å². The van der Waals surface area contributed by atoms with E-state index >= 15 is 0 Å². The van der Waals surface area contributed by atoms with Crippen molar-refractivity contribution in [1.29, 1.82) is 0 Å². The van der Waals surface area contributed by atoms with Crippen LogP contribution >= 0.6 is 0 Å². The molecule has 0 N–H and O–H groups in total. The Morgan fingerprint density at radius 3 is 2.50 bits per heavy atom. The summed E-state index contributed by atoms with van der Waals surface area (Å²) in [6.07, 6.45) is 3.87. The van der Waals surface area contributed by atoms with Gasteiger partial charge in [-0.1, -0.05) is 32.0 Å². The zero-order valence-electron chi connectivity index (χ0n) is 12.1. The molecule has 3 aromatic rings. The first-order valence-electron chi connectivity index (χ1n) is 6.97. The predicted molar refractivity (Wildman–Crippen MR) is 83.8 cm³/mol. The van der Waals surface area contributed by atoms with Crippen molar-refractivity contribution in [3.63, 3.8) is 0 Å². The van der Waals surface area contributed by atoms with Crippen molar-refractivity contribution in [2.75, 3.05) is 0 Å². The van der Waals surface area contributed by atoms with Crippen molar-refractivity contribution < 1.29 is 0 Å². The molecule has 0 bridgehead atoms. The molecule has 0 unspecified atom stereocenters. The quantitative estimate of drug-likeness (QED) is 0.667. The zero-order chi connectivity index (χ0) is 14.1.